The molecule has 1 N–H and O–H groups in total. The van der Waals surface area contributed by atoms with Crippen LogP contribution in [0.25, 0.3) is 0 Å². The second-order valence-electron chi connectivity index (χ2n) is 6.99. The first-order valence-electron chi connectivity index (χ1n) is 9.45. The molecule has 170 valence electrons. The molecule has 2 fully saturated rings. The Balaban J connectivity index is 0.000000339. The fraction of sp³-hybridized carbons (Fsp3) is 0.526. The molecule has 0 bridgehead atoms. The fourth-order valence-corrected chi connectivity index (χ4v) is 4.10. The maximum Gasteiger partial charge on any atom is 0.490 e. The van der Waals surface area contributed by atoms with Crippen LogP contribution < -0.4 is 0 Å². The van der Waals surface area contributed by atoms with E-state index in [1.165, 1.54) is 6.26 Å². The third-order valence-electron chi connectivity index (χ3n) is 4.82. The number of fused-ring (bicyclic) bond motifs is 1. The number of amides is 1. The SMILES string of the molecule is Cc1nc(CO[C@@H]2CN(C(=O)c3ccco3)[C@@H]3CCCO[C@@H]32)cs1.O=C(O)C(F)(F)F. The number of carbonyl (C=O) groups excluding carboxylic acids is 1. The number of hydrogen-bond donors (Lipinski definition) is 1. The van der Waals surface area contributed by atoms with E-state index in [1.807, 2.05) is 17.2 Å². The van der Waals surface area contributed by atoms with E-state index in [9.17, 15) is 18.0 Å². The van der Waals surface area contributed by atoms with Crippen molar-refractivity contribution in [3.8, 4) is 0 Å². The standard InChI is InChI=1S/C17H20N2O4S.C2HF3O2/c1-11-18-12(10-24-11)9-23-15-8-19(13-4-2-7-22-16(13)15)17(20)14-5-3-6-21-14;3-2(4,5)1(6)7/h3,5-6,10,13,15-16H,2,4,7-9H2,1H3;(H,6,7)/t13-,15-,16+;/m1./s1. The largest absolute Gasteiger partial charge is 0.490 e. The lowest BCUT2D eigenvalue weighted by molar-refractivity contribution is -0.192. The van der Waals surface area contributed by atoms with Crippen molar-refractivity contribution in [2.45, 2.75) is 50.8 Å². The Morgan fingerprint density at radius 2 is 2.16 bits per heavy atom. The number of aliphatic carboxylic acids is 1. The highest BCUT2D eigenvalue weighted by Crippen LogP contribution is 2.32. The first kappa shape index (κ1) is 23.2. The van der Waals surface area contributed by atoms with Crippen molar-refractivity contribution in [2.75, 3.05) is 13.2 Å². The predicted octanol–water partition coefficient (Wildman–Crippen LogP) is 3.27. The molecular formula is C19H21F3N2O6S. The molecular weight excluding hydrogens is 441 g/mol. The lowest BCUT2D eigenvalue weighted by Crippen LogP contribution is -2.43. The summed E-state index contributed by atoms with van der Waals surface area (Å²) in [6, 6.07) is 3.49. The molecule has 0 unspecified atom stereocenters. The minimum atomic E-state index is -5.08. The van der Waals surface area contributed by atoms with Gasteiger partial charge in [-0.2, -0.15) is 13.2 Å². The van der Waals surface area contributed by atoms with E-state index < -0.39 is 12.1 Å². The minimum absolute atomic E-state index is 0.0542. The number of aryl methyl sites for hydroxylation is 1. The predicted molar refractivity (Wildman–Crippen MR) is 102 cm³/mol. The fourth-order valence-electron chi connectivity index (χ4n) is 3.50. The first-order chi connectivity index (χ1) is 14.7. The summed E-state index contributed by atoms with van der Waals surface area (Å²) in [7, 11) is 0. The molecule has 1 amide bonds. The number of thiazole rings is 1. The lowest BCUT2D eigenvalue weighted by Gasteiger charge is -2.31. The average molecular weight is 462 g/mol. The number of furan rings is 1. The summed E-state index contributed by atoms with van der Waals surface area (Å²) in [5.74, 6) is -2.47. The van der Waals surface area contributed by atoms with E-state index in [1.54, 1.807) is 23.5 Å². The Bertz CT molecular complexity index is 886. The monoisotopic (exact) mass is 462 g/mol. The summed E-state index contributed by atoms with van der Waals surface area (Å²) in [6.07, 6.45) is -1.86. The normalized spacial score (nSPS) is 23.1. The van der Waals surface area contributed by atoms with Gasteiger partial charge in [0.1, 0.15) is 12.2 Å². The van der Waals surface area contributed by atoms with Gasteiger partial charge in [-0.3, -0.25) is 4.79 Å². The molecule has 2 aromatic heterocycles. The van der Waals surface area contributed by atoms with Crippen LogP contribution in [-0.2, 0) is 20.9 Å². The molecule has 4 rings (SSSR count). The number of nitrogens with zero attached hydrogens (tertiary/aromatic N) is 2. The number of halogens is 3. The van der Waals surface area contributed by atoms with Crippen LogP contribution in [0, 0.1) is 6.92 Å². The number of likely N-dealkylation sites (tertiary alicyclic amines) is 1. The number of carbonyl (C=O) groups is 2. The van der Waals surface area contributed by atoms with Crippen LogP contribution in [0.3, 0.4) is 0 Å². The molecule has 2 aromatic rings. The molecule has 8 nitrogen and oxygen atoms in total. The topological polar surface area (TPSA) is 102 Å². The van der Waals surface area contributed by atoms with Crippen molar-refractivity contribution in [2.24, 2.45) is 0 Å². The van der Waals surface area contributed by atoms with Crippen molar-refractivity contribution in [1.29, 1.82) is 0 Å². The Morgan fingerprint density at radius 1 is 1.42 bits per heavy atom. The molecule has 4 heterocycles. The summed E-state index contributed by atoms with van der Waals surface area (Å²) < 4.78 is 49.0. The van der Waals surface area contributed by atoms with Crippen LogP contribution >= 0.6 is 11.3 Å². The van der Waals surface area contributed by atoms with Gasteiger partial charge >= 0.3 is 12.1 Å². The smallest absolute Gasteiger partial charge is 0.475 e. The van der Waals surface area contributed by atoms with E-state index >= 15 is 0 Å². The Kier molecular flexibility index (Phi) is 7.34. The molecule has 0 aliphatic carbocycles. The molecule has 2 saturated heterocycles. The Labute approximate surface area is 179 Å². The molecule has 0 spiro atoms. The molecule has 0 aromatic carbocycles. The zero-order valence-electron chi connectivity index (χ0n) is 16.5. The van der Waals surface area contributed by atoms with Gasteiger partial charge < -0.3 is 23.9 Å². The van der Waals surface area contributed by atoms with Crippen LogP contribution in [0.2, 0.25) is 0 Å². The summed E-state index contributed by atoms with van der Waals surface area (Å²) in [4.78, 5) is 27.9. The van der Waals surface area contributed by atoms with Gasteiger partial charge in [0.25, 0.3) is 5.91 Å². The van der Waals surface area contributed by atoms with E-state index in [4.69, 9.17) is 23.8 Å². The van der Waals surface area contributed by atoms with Gasteiger partial charge in [-0.25, -0.2) is 9.78 Å². The summed E-state index contributed by atoms with van der Waals surface area (Å²) >= 11 is 1.61. The quantitative estimate of drug-likeness (QED) is 0.744. The highest BCUT2D eigenvalue weighted by Gasteiger charge is 2.47. The van der Waals surface area contributed by atoms with Crippen LogP contribution in [-0.4, -0.2) is 64.4 Å². The van der Waals surface area contributed by atoms with E-state index in [0.29, 0.717) is 18.9 Å². The van der Waals surface area contributed by atoms with E-state index in [2.05, 4.69) is 4.98 Å². The van der Waals surface area contributed by atoms with Crippen LogP contribution in [0.1, 0.15) is 34.1 Å². The number of ether oxygens (including phenoxy) is 2. The number of rotatable bonds is 4. The molecule has 12 heteroatoms. The van der Waals surface area contributed by atoms with Crippen LogP contribution in [0.4, 0.5) is 13.2 Å². The van der Waals surface area contributed by atoms with Crippen molar-refractivity contribution in [3.63, 3.8) is 0 Å². The third-order valence-corrected chi connectivity index (χ3v) is 5.65. The zero-order chi connectivity index (χ0) is 22.6. The maximum absolute atomic E-state index is 12.7. The first-order valence-corrected chi connectivity index (χ1v) is 10.3. The number of carboxylic acid groups (broad SMARTS) is 1. The third kappa shape index (κ3) is 5.83. The number of alkyl halides is 3. The molecule has 31 heavy (non-hydrogen) atoms. The van der Waals surface area contributed by atoms with Gasteiger partial charge in [-0.05, 0) is 31.9 Å². The van der Waals surface area contributed by atoms with Gasteiger partial charge in [0, 0.05) is 12.0 Å². The molecule has 3 atom stereocenters. The number of hydrogen-bond acceptors (Lipinski definition) is 7. The van der Waals surface area contributed by atoms with Gasteiger partial charge in [0.05, 0.1) is 36.2 Å². The molecule has 0 saturated carbocycles. The second kappa shape index (κ2) is 9.79. The minimum Gasteiger partial charge on any atom is -0.475 e. The molecule has 2 aliphatic heterocycles. The van der Waals surface area contributed by atoms with Gasteiger partial charge in [0.15, 0.2) is 5.76 Å². The Morgan fingerprint density at radius 3 is 2.74 bits per heavy atom. The van der Waals surface area contributed by atoms with Crippen molar-refractivity contribution in [3.05, 3.63) is 40.2 Å². The highest BCUT2D eigenvalue weighted by molar-refractivity contribution is 7.09. The van der Waals surface area contributed by atoms with Crippen LogP contribution in [0.15, 0.2) is 28.2 Å². The van der Waals surface area contributed by atoms with E-state index in [0.717, 1.165) is 30.2 Å². The number of aromatic nitrogens is 1. The summed E-state index contributed by atoms with van der Waals surface area (Å²) in [6.45, 7) is 3.68. The van der Waals surface area contributed by atoms with Gasteiger partial charge in [0.2, 0.25) is 0 Å². The lowest BCUT2D eigenvalue weighted by atomic mass is 10.0. The van der Waals surface area contributed by atoms with Crippen molar-refractivity contribution < 1.29 is 41.8 Å². The van der Waals surface area contributed by atoms with Gasteiger partial charge in [-0.1, -0.05) is 0 Å². The van der Waals surface area contributed by atoms with Crippen LogP contribution in [0.5, 0.6) is 0 Å². The highest BCUT2D eigenvalue weighted by atomic mass is 32.1. The zero-order valence-corrected chi connectivity index (χ0v) is 17.3. The van der Waals surface area contributed by atoms with Crippen molar-refractivity contribution in [1.82, 2.24) is 9.88 Å². The average Bonchev–Trinajstić information content (AvgIpc) is 3.46. The van der Waals surface area contributed by atoms with Crippen molar-refractivity contribution >= 4 is 23.2 Å². The molecule has 2 aliphatic rings. The maximum atomic E-state index is 12.7. The number of carboxylic acids is 1. The van der Waals surface area contributed by atoms with Gasteiger partial charge in [-0.15, -0.1) is 11.3 Å². The summed E-state index contributed by atoms with van der Waals surface area (Å²) in [5.41, 5.74) is 0.931. The summed E-state index contributed by atoms with van der Waals surface area (Å²) in [5, 5.41) is 10.2. The van der Waals surface area contributed by atoms with E-state index in [-0.39, 0.29) is 24.2 Å². The molecule has 0 radical (unpaired) electrons. The second-order valence-corrected chi connectivity index (χ2v) is 8.05. The Hall–Kier alpha value is -2.44.